The molecule has 2 rings (SSSR count). The van der Waals surface area contributed by atoms with Crippen molar-refractivity contribution in [1.82, 2.24) is 9.88 Å². The molecule has 1 heterocycles. The highest BCUT2D eigenvalue weighted by Gasteiger charge is 2.16. The fourth-order valence-corrected chi connectivity index (χ4v) is 2.53. The largest absolute Gasteiger partial charge is 0.396 e. The van der Waals surface area contributed by atoms with Crippen molar-refractivity contribution in [3.8, 4) is 5.69 Å². The van der Waals surface area contributed by atoms with E-state index in [9.17, 15) is 4.79 Å². The van der Waals surface area contributed by atoms with Crippen molar-refractivity contribution in [2.24, 2.45) is 0 Å². The van der Waals surface area contributed by atoms with E-state index in [2.05, 4.69) is 28.9 Å². The number of rotatable bonds is 5. The number of carbonyl (C=O) groups excluding carboxylic acids is 1. The van der Waals surface area contributed by atoms with E-state index in [1.165, 1.54) is 5.56 Å². The fraction of sp³-hybridized carbons (Fsp3) is 0.353. The normalized spacial score (nSPS) is 10.7. The maximum atomic E-state index is 12.2. The summed E-state index contributed by atoms with van der Waals surface area (Å²) in [7, 11) is 0. The summed E-state index contributed by atoms with van der Waals surface area (Å²) in [6.07, 6.45) is 0.572. The summed E-state index contributed by atoms with van der Waals surface area (Å²) in [4.78, 5) is 12.2. The topological polar surface area (TPSA) is 54.3 Å². The fourth-order valence-electron chi connectivity index (χ4n) is 2.53. The Bertz CT molecular complexity index is 644. The van der Waals surface area contributed by atoms with Gasteiger partial charge in [-0.1, -0.05) is 12.1 Å². The molecular weight excluding hydrogens is 264 g/mol. The quantitative estimate of drug-likeness (QED) is 0.830. The molecule has 0 aliphatic carbocycles. The Labute approximate surface area is 125 Å². The molecule has 2 N–H and O–H groups in total. The zero-order valence-electron chi connectivity index (χ0n) is 12.8. The van der Waals surface area contributed by atoms with Crippen LogP contribution in [0.1, 0.15) is 33.7 Å². The van der Waals surface area contributed by atoms with Crippen LogP contribution in [0.3, 0.4) is 0 Å². The molecule has 0 aliphatic heterocycles. The predicted octanol–water partition coefficient (Wildman–Crippen LogP) is 2.51. The van der Waals surface area contributed by atoms with Crippen LogP contribution < -0.4 is 5.32 Å². The van der Waals surface area contributed by atoms with Crippen molar-refractivity contribution in [3.63, 3.8) is 0 Å². The summed E-state index contributed by atoms with van der Waals surface area (Å²) in [5, 5.41) is 11.6. The maximum Gasteiger partial charge on any atom is 0.253 e. The molecule has 0 aliphatic rings. The Morgan fingerprint density at radius 3 is 2.67 bits per heavy atom. The van der Waals surface area contributed by atoms with Gasteiger partial charge in [0.25, 0.3) is 5.91 Å². The number of carbonyl (C=O) groups is 1. The minimum atomic E-state index is -0.0875. The molecule has 0 unspecified atom stereocenters. The van der Waals surface area contributed by atoms with Gasteiger partial charge in [-0.3, -0.25) is 4.79 Å². The number of aliphatic hydroxyl groups excluding tert-OH is 1. The molecule has 112 valence electrons. The molecule has 0 atom stereocenters. The molecule has 21 heavy (non-hydrogen) atoms. The van der Waals surface area contributed by atoms with Crippen molar-refractivity contribution in [3.05, 3.63) is 52.8 Å². The highest BCUT2D eigenvalue weighted by atomic mass is 16.3. The van der Waals surface area contributed by atoms with Crippen LogP contribution in [0.5, 0.6) is 0 Å². The van der Waals surface area contributed by atoms with Crippen LogP contribution in [0.2, 0.25) is 0 Å². The van der Waals surface area contributed by atoms with Crippen molar-refractivity contribution >= 4 is 5.91 Å². The standard InChI is InChI=1S/C17H22N2O2/c1-12-6-4-7-15(10-12)19-13(2)11-16(14(19)3)17(21)18-8-5-9-20/h4,6-7,10-11,20H,5,8-9H2,1-3H3,(H,18,21). The van der Waals surface area contributed by atoms with Gasteiger partial charge in [-0.25, -0.2) is 0 Å². The van der Waals surface area contributed by atoms with E-state index in [0.29, 0.717) is 18.5 Å². The van der Waals surface area contributed by atoms with Gasteiger partial charge in [-0.2, -0.15) is 0 Å². The molecular formula is C17H22N2O2. The van der Waals surface area contributed by atoms with Gasteiger partial charge in [-0.05, 0) is 51.0 Å². The summed E-state index contributed by atoms with van der Waals surface area (Å²) in [5.74, 6) is -0.0875. The van der Waals surface area contributed by atoms with Crippen LogP contribution in [0.4, 0.5) is 0 Å². The van der Waals surface area contributed by atoms with E-state index >= 15 is 0 Å². The number of hydrogen-bond acceptors (Lipinski definition) is 2. The van der Waals surface area contributed by atoms with Crippen LogP contribution in [0, 0.1) is 20.8 Å². The SMILES string of the molecule is Cc1cccc(-n2c(C)cc(C(=O)NCCCO)c2C)c1. The predicted molar refractivity (Wildman–Crippen MR) is 84.0 cm³/mol. The third-order valence-corrected chi connectivity index (χ3v) is 3.56. The number of aryl methyl sites for hydroxylation is 2. The van der Waals surface area contributed by atoms with Gasteiger partial charge in [0.1, 0.15) is 0 Å². The van der Waals surface area contributed by atoms with Gasteiger partial charge in [-0.15, -0.1) is 0 Å². The Morgan fingerprint density at radius 2 is 2.00 bits per heavy atom. The second kappa shape index (κ2) is 6.59. The number of amides is 1. The van der Waals surface area contributed by atoms with Crippen molar-refractivity contribution in [1.29, 1.82) is 0 Å². The maximum absolute atomic E-state index is 12.2. The lowest BCUT2D eigenvalue weighted by molar-refractivity contribution is 0.0950. The Morgan fingerprint density at radius 1 is 1.24 bits per heavy atom. The Kier molecular flexibility index (Phi) is 4.81. The molecule has 0 saturated heterocycles. The van der Waals surface area contributed by atoms with Crippen molar-refractivity contribution < 1.29 is 9.90 Å². The average Bonchev–Trinajstić information content (AvgIpc) is 2.74. The summed E-state index contributed by atoms with van der Waals surface area (Å²) in [5.41, 5.74) is 4.91. The average molecular weight is 286 g/mol. The third-order valence-electron chi connectivity index (χ3n) is 3.56. The first kappa shape index (κ1) is 15.3. The lowest BCUT2D eigenvalue weighted by Gasteiger charge is -2.11. The Balaban J connectivity index is 2.31. The number of aromatic nitrogens is 1. The van der Waals surface area contributed by atoms with Gasteiger partial charge in [0.2, 0.25) is 0 Å². The van der Waals surface area contributed by atoms with E-state index in [4.69, 9.17) is 5.11 Å². The number of aliphatic hydroxyl groups is 1. The van der Waals surface area contributed by atoms with E-state index < -0.39 is 0 Å². The second-order valence-electron chi connectivity index (χ2n) is 5.29. The smallest absolute Gasteiger partial charge is 0.253 e. The van der Waals surface area contributed by atoms with E-state index in [1.54, 1.807) is 0 Å². The number of nitrogens with zero attached hydrogens (tertiary/aromatic N) is 1. The molecule has 0 radical (unpaired) electrons. The van der Waals surface area contributed by atoms with E-state index in [-0.39, 0.29) is 12.5 Å². The minimum Gasteiger partial charge on any atom is -0.396 e. The van der Waals surface area contributed by atoms with E-state index in [0.717, 1.165) is 17.1 Å². The van der Waals surface area contributed by atoms with Gasteiger partial charge in [0.15, 0.2) is 0 Å². The summed E-state index contributed by atoms with van der Waals surface area (Å²) < 4.78 is 2.09. The summed E-state index contributed by atoms with van der Waals surface area (Å²) in [6.45, 7) is 6.59. The molecule has 4 nitrogen and oxygen atoms in total. The molecule has 1 amide bonds. The van der Waals surface area contributed by atoms with Crippen molar-refractivity contribution in [2.75, 3.05) is 13.2 Å². The first-order valence-electron chi connectivity index (χ1n) is 7.19. The molecule has 0 spiro atoms. The molecule has 1 aromatic carbocycles. The van der Waals surface area contributed by atoms with Gasteiger partial charge in [0, 0.05) is 30.2 Å². The zero-order valence-corrected chi connectivity index (χ0v) is 12.8. The molecule has 4 heteroatoms. The van der Waals surface area contributed by atoms with E-state index in [1.807, 2.05) is 32.0 Å². The highest BCUT2D eigenvalue weighted by Crippen LogP contribution is 2.21. The number of nitrogens with one attached hydrogen (secondary N) is 1. The van der Waals surface area contributed by atoms with Crippen LogP contribution >= 0.6 is 0 Å². The molecule has 0 fully saturated rings. The van der Waals surface area contributed by atoms with Crippen LogP contribution in [0.15, 0.2) is 30.3 Å². The van der Waals surface area contributed by atoms with Gasteiger partial charge < -0.3 is 15.0 Å². The summed E-state index contributed by atoms with van der Waals surface area (Å²) >= 11 is 0. The Hall–Kier alpha value is -2.07. The number of hydrogen-bond donors (Lipinski definition) is 2. The molecule has 0 bridgehead atoms. The number of benzene rings is 1. The minimum absolute atomic E-state index is 0.0859. The van der Waals surface area contributed by atoms with Gasteiger partial charge >= 0.3 is 0 Å². The zero-order chi connectivity index (χ0) is 15.4. The van der Waals surface area contributed by atoms with Gasteiger partial charge in [0.05, 0.1) is 5.56 Å². The lowest BCUT2D eigenvalue weighted by atomic mass is 10.2. The second-order valence-corrected chi connectivity index (χ2v) is 5.29. The monoisotopic (exact) mass is 286 g/mol. The highest BCUT2D eigenvalue weighted by molar-refractivity contribution is 5.95. The first-order chi connectivity index (χ1) is 10.0. The van der Waals surface area contributed by atoms with Crippen LogP contribution in [0.25, 0.3) is 5.69 Å². The first-order valence-corrected chi connectivity index (χ1v) is 7.19. The van der Waals surface area contributed by atoms with Crippen molar-refractivity contribution in [2.45, 2.75) is 27.2 Å². The molecule has 2 aromatic rings. The molecule has 0 saturated carbocycles. The summed E-state index contributed by atoms with van der Waals surface area (Å²) in [6, 6.07) is 10.1. The third kappa shape index (κ3) is 3.34. The van der Waals surface area contributed by atoms with Crippen LogP contribution in [-0.2, 0) is 0 Å². The molecule has 1 aromatic heterocycles. The van der Waals surface area contributed by atoms with Crippen LogP contribution in [-0.4, -0.2) is 28.7 Å². The lowest BCUT2D eigenvalue weighted by Crippen LogP contribution is -2.25.